The molecule has 2 rings (SSSR count). The molecular formula is C12H23N3O. The average molecular weight is 225 g/mol. The fourth-order valence-electron chi connectivity index (χ4n) is 2.75. The zero-order valence-corrected chi connectivity index (χ0v) is 10.2. The Labute approximate surface area is 97.8 Å². The van der Waals surface area contributed by atoms with Gasteiger partial charge in [-0.2, -0.15) is 0 Å². The fraction of sp³-hybridized carbons (Fsp3) is 0.917. The number of nitrogens with zero attached hydrogens (tertiary/aromatic N) is 1. The number of carbonyl (C=O) groups is 1. The number of rotatable bonds is 3. The van der Waals surface area contributed by atoms with Crippen LogP contribution < -0.4 is 10.6 Å². The molecule has 2 heterocycles. The molecule has 0 saturated carbocycles. The Balaban J connectivity index is 1.77. The number of likely N-dealkylation sites (N-methyl/N-ethyl adjacent to an activating group) is 1. The van der Waals surface area contributed by atoms with Crippen LogP contribution in [-0.2, 0) is 4.79 Å². The molecular weight excluding hydrogens is 202 g/mol. The van der Waals surface area contributed by atoms with Crippen LogP contribution in [0.25, 0.3) is 0 Å². The maximum Gasteiger partial charge on any atom is 0.220 e. The molecule has 4 heteroatoms. The van der Waals surface area contributed by atoms with Crippen LogP contribution in [0.4, 0.5) is 0 Å². The van der Waals surface area contributed by atoms with E-state index >= 15 is 0 Å². The van der Waals surface area contributed by atoms with Crippen molar-refractivity contribution in [2.45, 2.75) is 44.2 Å². The van der Waals surface area contributed by atoms with Gasteiger partial charge in [-0.25, -0.2) is 0 Å². The van der Waals surface area contributed by atoms with Crippen LogP contribution in [0.15, 0.2) is 0 Å². The standard InChI is InChI=1S/C12H23N3O/c1-15(9-10-4-5-12(16)14-10)11-3-2-7-13-8-6-11/h10-11,13H,2-9H2,1H3,(H,14,16). The lowest BCUT2D eigenvalue weighted by Gasteiger charge is -2.29. The molecule has 2 aliphatic rings. The lowest BCUT2D eigenvalue weighted by Crippen LogP contribution is -2.42. The van der Waals surface area contributed by atoms with Gasteiger partial charge in [-0.1, -0.05) is 0 Å². The first kappa shape index (κ1) is 11.9. The molecule has 0 bridgehead atoms. The van der Waals surface area contributed by atoms with E-state index in [2.05, 4.69) is 22.6 Å². The maximum atomic E-state index is 11.1. The highest BCUT2D eigenvalue weighted by Gasteiger charge is 2.24. The van der Waals surface area contributed by atoms with Crippen molar-refractivity contribution in [3.8, 4) is 0 Å². The third-order valence-electron chi connectivity index (χ3n) is 3.76. The van der Waals surface area contributed by atoms with E-state index in [1.54, 1.807) is 0 Å². The van der Waals surface area contributed by atoms with Gasteiger partial charge in [0, 0.05) is 25.0 Å². The number of amides is 1. The van der Waals surface area contributed by atoms with E-state index in [0.29, 0.717) is 18.5 Å². The van der Waals surface area contributed by atoms with E-state index in [1.807, 2.05) is 0 Å². The highest BCUT2D eigenvalue weighted by Crippen LogP contribution is 2.14. The zero-order chi connectivity index (χ0) is 11.4. The number of carbonyl (C=O) groups excluding carboxylic acids is 1. The molecule has 1 amide bonds. The fourth-order valence-corrected chi connectivity index (χ4v) is 2.75. The Bertz CT molecular complexity index is 236. The van der Waals surface area contributed by atoms with Gasteiger partial charge in [0.2, 0.25) is 5.91 Å². The molecule has 0 aromatic carbocycles. The van der Waals surface area contributed by atoms with Gasteiger partial charge in [0.15, 0.2) is 0 Å². The summed E-state index contributed by atoms with van der Waals surface area (Å²) in [5.74, 6) is 0.223. The van der Waals surface area contributed by atoms with Crippen LogP contribution in [-0.4, -0.2) is 49.6 Å². The van der Waals surface area contributed by atoms with Crippen molar-refractivity contribution < 1.29 is 4.79 Å². The van der Waals surface area contributed by atoms with Crippen LogP contribution in [0.1, 0.15) is 32.1 Å². The summed E-state index contributed by atoms with van der Waals surface area (Å²) in [5, 5.41) is 6.48. The Morgan fingerprint density at radius 1 is 1.31 bits per heavy atom. The van der Waals surface area contributed by atoms with Gasteiger partial charge in [-0.05, 0) is 45.8 Å². The smallest absolute Gasteiger partial charge is 0.220 e. The van der Waals surface area contributed by atoms with Crippen LogP contribution >= 0.6 is 0 Å². The normalized spacial score (nSPS) is 31.5. The monoisotopic (exact) mass is 225 g/mol. The molecule has 2 aliphatic heterocycles. The number of nitrogens with one attached hydrogen (secondary N) is 2. The van der Waals surface area contributed by atoms with E-state index in [9.17, 15) is 4.79 Å². The van der Waals surface area contributed by atoms with Gasteiger partial charge < -0.3 is 15.5 Å². The minimum Gasteiger partial charge on any atom is -0.352 e. The molecule has 0 spiro atoms. The van der Waals surface area contributed by atoms with Crippen molar-refractivity contribution in [2.75, 3.05) is 26.7 Å². The van der Waals surface area contributed by atoms with Gasteiger partial charge in [-0.15, -0.1) is 0 Å². The summed E-state index contributed by atoms with van der Waals surface area (Å²) in [6.45, 7) is 3.30. The second-order valence-corrected chi connectivity index (χ2v) is 5.08. The Morgan fingerprint density at radius 3 is 2.94 bits per heavy atom. The van der Waals surface area contributed by atoms with Gasteiger partial charge >= 0.3 is 0 Å². The molecule has 2 saturated heterocycles. The van der Waals surface area contributed by atoms with Crippen molar-refractivity contribution in [1.82, 2.24) is 15.5 Å². The molecule has 2 N–H and O–H groups in total. The van der Waals surface area contributed by atoms with Crippen molar-refractivity contribution in [2.24, 2.45) is 0 Å². The first-order valence-corrected chi connectivity index (χ1v) is 6.46. The highest BCUT2D eigenvalue weighted by atomic mass is 16.1. The lowest BCUT2D eigenvalue weighted by molar-refractivity contribution is -0.119. The summed E-state index contributed by atoms with van der Waals surface area (Å²) in [4.78, 5) is 13.6. The molecule has 2 unspecified atom stereocenters. The number of hydrogen-bond acceptors (Lipinski definition) is 3. The van der Waals surface area contributed by atoms with Gasteiger partial charge in [0.25, 0.3) is 0 Å². The third-order valence-corrected chi connectivity index (χ3v) is 3.76. The first-order valence-electron chi connectivity index (χ1n) is 6.46. The zero-order valence-electron chi connectivity index (χ0n) is 10.2. The lowest BCUT2D eigenvalue weighted by atomic mass is 10.1. The molecule has 0 aromatic heterocycles. The van der Waals surface area contributed by atoms with Crippen LogP contribution in [0.5, 0.6) is 0 Å². The van der Waals surface area contributed by atoms with Crippen LogP contribution in [0.2, 0.25) is 0 Å². The summed E-state index contributed by atoms with van der Waals surface area (Å²) in [6, 6.07) is 1.07. The van der Waals surface area contributed by atoms with E-state index in [-0.39, 0.29) is 5.91 Å². The second kappa shape index (κ2) is 5.64. The van der Waals surface area contributed by atoms with Gasteiger partial charge in [-0.3, -0.25) is 4.79 Å². The molecule has 0 aromatic rings. The summed E-state index contributed by atoms with van der Waals surface area (Å²) in [6.07, 6.45) is 5.51. The van der Waals surface area contributed by atoms with Crippen LogP contribution in [0.3, 0.4) is 0 Å². The van der Waals surface area contributed by atoms with Crippen molar-refractivity contribution in [1.29, 1.82) is 0 Å². The van der Waals surface area contributed by atoms with E-state index in [1.165, 1.54) is 19.3 Å². The third kappa shape index (κ3) is 3.19. The van der Waals surface area contributed by atoms with E-state index < -0.39 is 0 Å². The average Bonchev–Trinajstić information content (AvgIpc) is 2.56. The molecule has 2 atom stereocenters. The molecule has 0 aliphatic carbocycles. The van der Waals surface area contributed by atoms with Crippen LogP contribution in [0, 0.1) is 0 Å². The van der Waals surface area contributed by atoms with Crippen molar-refractivity contribution in [3.05, 3.63) is 0 Å². The minimum absolute atomic E-state index is 0.223. The number of hydrogen-bond donors (Lipinski definition) is 2. The predicted molar refractivity (Wildman–Crippen MR) is 64.3 cm³/mol. The summed E-state index contributed by atoms with van der Waals surface area (Å²) >= 11 is 0. The Hall–Kier alpha value is -0.610. The first-order chi connectivity index (χ1) is 7.75. The Morgan fingerprint density at radius 2 is 2.19 bits per heavy atom. The summed E-state index contributed by atoms with van der Waals surface area (Å²) in [7, 11) is 2.19. The largest absolute Gasteiger partial charge is 0.352 e. The molecule has 4 nitrogen and oxygen atoms in total. The SMILES string of the molecule is CN(CC1CCC(=O)N1)C1CCCNCC1. The van der Waals surface area contributed by atoms with Gasteiger partial charge in [0.1, 0.15) is 0 Å². The maximum absolute atomic E-state index is 11.1. The van der Waals surface area contributed by atoms with Crippen molar-refractivity contribution in [3.63, 3.8) is 0 Å². The highest BCUT2D eigenvalue weighted by molar-refractivity contribution is 5.78. The summed E-state index contributed by atoms with van der Waals surface area (Å²) < 4.78 is 0. The van der Waals surface area contributed by atoms with Crippen molar-refractivity contribution >= 4 is 5.91 Å². The molecule has 92 valence electrons. The minimum atomic E-state index is 0.223. The topological polar surface area (TPSA) is 44.4 Å². The molecule has 0 radical (unpaired) electrons. The van der Waals surface area contributed by atoms with Gasteiger partial charge in [0.05, 0.1) is 0 Å². The van der Waals surface area contributed by atoms with E-state index in [0.717, 1.165) is 26.1 Å². The summed E-state index contributed by atoms with van der Waals surface area (Å²) in [5.41, 5.74) is 0. The predicted octanol–water partition coefficient (Wildman–Crippen LogP) is 0.339. The molecule has 2 fully saturated rings. The second-order valence-electron chi connectivity index (χ2n) is 5.08. The van der Waals surface area contributed by atoms with E-state index in [4.69, 9.17) is 0 Å². The molecule has 16 heavy (non-hydrogen) atoms. The quantitative estimate of drug-likeness (QED) is 0.728. The Kier molecular flexibility index (Phi) is 4.18.